The highest BCUT2D eigenvalue weighted by Crippen LogP contribution is 2.14. The van der Waals surface area contributed by atoms with E-state index in [1.807, 2.05) is 43.5 Å². The van der Waals surface area contributed by atoms with Crippen molar-refractivity contribution in [1.82, 2.24) is 20.6 Å². The van der Waals surface area contributed by atoms with Gasteiger partial charge in [0, 0.05) is 43.2 Å². The van der Waals surface area contributed by atoms with Crippen LogP contribution in [-0.2, 0) is 13.0 Å². The third-order valence-electron chi connectivity index (χ3n) is 3.19. The summed E-state index contributed by atoms with van der Waals surface area (Å²) in [6.45, 7) is 4.13. The Balaban J connectivity index is 1.91. The van der Waals surface area contributed by atoms with Crippen LogP contribution in [0, 0.1) is 0 Å². The van der Waals surface area contributed by atoms with Crippen molar-refractivity contribution in [3.63, 3.8) is 0 Å². The van der Waals surface area contributed by atoms with Gasteiger partial charge in [0.15, 0.2) is 5.96 Å². The summed E-state index contributed by atoms with van der Waals surface area (Å²) in [5, 5.41) is 6.55. The molecule has 0 bridgehead atoms. The zero-order valence-electron chi connectivity index (χ0n) is 13.6. The molecule has 0 spiro atoms. The molecule has 0 aliphatic heterocycles. The van der Waals surface area contributed by atoms with Crippen molar-refractivity contribution in [2.75, 3.05) is 20.2 Å². The molecule has 2 aromatic heterocycles. The molecule has 0 aliphatic rings. The second kappa shape index (κ2) is 9.40. The minimum Gasteiger partial charge on any atom is -0.481 e. The van der Waals surface area contributed by atoms with Gasteiger partial charge in [-0.15, -0.1) is 0 Å². The summed E-state index contributed by atoms with van der Waals surface area (Å²) in [4.78, 5) is 13.1. The highest BCUT2D eigenvalue weighted by Gasteiger charge is 2.03. The fourth-order valence-electron chi connectivity index (χ4n) is 2.09. The SMILES string of the molecule is CCNC(=NCc1cccnc1OC)NCCc1ccccn1. The molecule has 2 rings (SSSR count). The van der Waals surface area contributed by atoms with Crippen molar-refractivity contribution in [3.8, 4) is 5.88 Å². The molecule has 122 valence electrons. The predicted octanol–water partition coefficient (Wildman–Crippen LogP) is 1.78. The Kier molecular flexibility index (Phi) is 6.84. The molecule has 0 saturated heterocycles. The third kappa shape index (κ3) is 5.58. The Morgan fingerprint density at radius 2 is 2.00 bits per heavy atom. The zero-order valence-corrected chi connectivity index (χ0v) is 13.6. The Bertz CT molecular complexity index is 615. The molecular formula is C17H23N5O. The molecule has 0 aliphatic carbocycles. The molecule has 6 heteroatoms. The summed E-state index contributed by atoms with van der Waals surface area (Å²) < 4.78 is 5.25. The number of nitrogens with one attached hydrogen (secondary N) is 2. The number of rotatable bonds is 7. The zero-order chi connectivity index (χ0) is 16.3. The molecule has 0 aromatic carbocycles. The number of aromatic nitrogens is 2. The minimum atomic E-state index is 0.510. The highest BCUT2D eigenvalue weighted by atomic mass is 16.5. The lowest BCUT2D eigenvalue weighted by atomic mass is 10.2. The first kappa shape index (κ1) is 16.7. The van der Waals surface area contributed by atoms with Gasteiger partial charge in [-0.05, 0) is 25.1 Å². The van der Waals surface area contributed by atoms with Gasteiger partial charge in [0.2, 0.25) is 5.88 Å². The molecule has 0 radical (unpaired) electrons. The molecule has 0 unspecified atom stereocenters. The van der Waals surface area contributed by atoms with Gasteiger partial charge < -0.3 is 15.4 Å². The number of aliphatic imine (C=N–C) groups is 1. The number of guanidine groups is 1. The van der Waals surface area contributed by atoms with Gasteiger partial charge in [-0.3, -0.25) is 4.98 Å². The first-order valence-corrected chi connectivity index (χ1v) is 7.73. The normalized spacial score (nSPS) is 11.1. The quantitative estimate of drug-likeness (QED) is 0.602. The minimum absolute atomic E-state index is 0.510. The number of hydrogen-bond acceptors (Lipinski definition) is 4. The number of hydrogen-bond donors (Lipinski definition) is 2. The van der Waals surface area contributed by atoms with E-state index < -0.39 is 0 Å². The molecule has 0 amide bonds. The highest BCUT2D eigenvalue weighted by molar-refractivity contribution is 5.79. The van der Waals surface area contributed by atoms with E-state index in [1.54, 1.807) is 13.3 Å². The predicted molar refractivity (Wildman–Crippen MR) is 91.5 cm³/mol. The molecule has 6 nitrogen and oxygen atoms in total. The van der Waals surface area contributed by atoms with Crippen molar-refractivity contribution in [1.29, 1.82) is 0 Å². The summed E-state index contributed by atoms with van der Waals surface area (Å²) in [7, 11) is 1.62. The Labute approximate surface area is 137 Å². The van der Waals surface area contributed by atoms with E-state index >= 15 is 0 Å². The van der Waals surface area contributed by atoms with Crippen LogP contribution in [-0.4, -0.2) is 36.1 Å². The fraction of sp³-hybridized carbons (Fsp3) is 0.353. The van der Waals surface area contributed by atoms with Crippen LogP contribution < -0.4 is 15.4 Å². The molecule has 2 aromatic rings. The standard InChI is InChI=1S/C17H23N5O/c1-3-18-17(21-12-9-15-8-4-5-10-19-15)22-13-14-7-6-11-20-16(14)23-2/h4-8,10-11H,3,9,12-13H2,1-2H3,(H2,18,21,22). The van der Waals surface area contributed by atoms with Gasteiger partial charge in [0.1, 0.15) is 0 Å². The van der Waals surface area contributed by atoms with Crippen LogP contribution in [0.2, 0.25) is 0 Å². The van der Waals surface area contributed by atoms with Gasteiger partial charge in [-0.25, -0.2) is 9.98 Å². The largest absolute Gasteiger partial charge is 0.481 e. The summed E-state index contributed by atoms with van der Waals surface area (Å²) in [6.07, 6.45) is 4.37. The van der Waals surface area contributed by atoms with Crippen LogP contribution in [0.4, 0.5) is 0 Å². The van der Waals surface area contributed by atoms with E-state index in [-0.39, 0.29) is 0 Å². The van der Waals surface area contributed by atoms with Crippen LogP contribution in [0.15, 0.2) is 47.7 Å². The topological polar surface area (TPSA) is 71.4 Å². The van der Waals surface area contributed by atoms with E-state index in [0.717, 1.165) is 36.7 Å². The van der Waals surface area contributed by atoms with Crippen molar-refractivity contribution < 1.29 is 4.74 Å². The van der Waals surface area contributed by atoms with Crippen molar-refractivity contribution in [3.05, 3.63) is 54.0 Å². The summed E-state index contributed by atoms with van der Waals surface area (Å²) in [5.74, 6) is 1.38. The Morgan fingerprint density at radius 3 is 2.74 bits per heavy atom. The maximum absolute atomic E-state index is 5.25. The van der Waals surface area contributed by atoms with E-state index in [1.165, 1.54) is 0 Å². The third-order valence-corrected chi connectivity index (χ3v) is 3.19. The van der Waals surface area contributed by atoms with Gasteiger partial charge in [-0.2, -0.15) is 0 Å². The van der Waals surface area contributed by atoms with Crippen LogP contribution in [0.1, 0.15) is 18.2 Å². The fourth-order valence-corrected chi connectivity index (χ4v) is 2.09. The van der Waals surface area contributed by atoms with Crippen molar-refractivity contribution in [2.45, 2.75) is 19.9 Å². The van der Waals surface area contributed by atoms with Crippen molar-refractivity contribution >= 4 is 5.96 Å². The molecule has 2 N–H and O–H groups in total. The van der Waals surface area contributed by atoms with Crippen molar-refractivity contribution in [2.24, 2.45) is 4.99 Å². The monoisotopic (exact) mass is 313 g/mol. The lowest BCUT2D eigenvalue weighted by molar-refractivity contribution is 0.392. The molecule has 0 atom stereocenters. The Morgan fingerprint density at radius 1 is 1.13 bits per heavy atom. The maximum Gasteiger partial charge on any atom is 0.218 e. The van der Waals surface area contributed by atoms with Gasteiger partial charge >= 0.3 is 0 Å². The smallest absolute Gasteiger partial charge is 0.218 e. The lowest BCUT2D eigenvalue weighted by Gasteiger charge is -2.11. The lowest BCUT2D eigenvalue weighted by Crippen LogP contribution is -2.38. The molecule has 23 heavy (non-hydrogen) atoms. The average molecular weight is 313 g/mol. The summed E-state index contributed by atoms with van der Waals surface area (Å²) >= 11 is 0. The molecule has 0 fully saturated rings. The van der Waals surface area contributed by atoms with Gasteiger partial charge in [-0.1, -0.05) is 12.1 Å². The maximum atomic E-state index is 5.25. The van der Waals surface area contributed by atoms with Crippen LogP contribution in [0.3, 0.4) is 0 Å². The second-order valence-corrected chi connectivity index (χ2v) is 4.86. The van der Waals surface area contributed by atoms with Gasteiger partial charge in [0.05, 0.1) is 13.7 Å². The first-order chi connectivity index (χ1) is 11.3. The number of ether oxygens (including phenoxy) is 1. The van der Waals surface area contributed by atoms with Crippen LogP contribution in [0.25, 0.3) is 0 Å². The van der Waals surface area contributed by atoms with Crippen LogP contribution >= 0.6 is 0 Å². The van der Waals surface area contributed by atoms with Gasteiger partial charge in [0.25, 0.3) is 0 Å². The first-order valence-electron chi connectivity index (χ1n) is 7.73. The molecule has 2 heterocycles. The summed E-state index contributed by atoms with van der Waals surface area (Å²) in [6, 6.07) is 9.79. The Hall–Kier alpha value is -2.63. The number of pyridine rings is 2. The van der Waals surface area contributed by atoms with E-state index in [4.69, 9.17) is 4.74 Å². The number of methoxy groups -OCH3 is 1. The van der Waals surface area contributed by atoms with E-state index in [2.05, 4.69) is 25.6 Å². The number of nitrogens with zero attached hydrogens (tertiary/aromatic N) is 3. The molecule has 0 saturated carbocycles. The average Bonchev–Trinajstić information content (AvgIpc) is 2.61. The second-order valence-electron chi connectivity index (χ2n) is 4.86. The van der Waals surface area contributed by atoms with E-state index in [0.29, 0.717) is 12.4 Å². The van der Waals surface area contributed by atoms with Crippen LogP contribution in [0.5, 0.6) is 5.88 Å². The summed E-state index contributed by atoms with van der Waals surface area (Å²) in [5.41, 5.74) is 2.02. The van der Waals surface area contributed by atoms with E-state index in [9.17, 15) is 0 Å². The molecular weight excluding hydrogens is 290 g/mol.